The van der Waals surface area contributed by atoms with Crippen molar-refractivity contribution in [2.75, 3.05) is 6.54 Å². The molecule has 0 radical (unpaired) electrons. The van der Waals surface area contributed by atoms with Crippen LogP contribution in [-0.4, -0.2) is 12.6 Å². The smallest absolute Gasteiger partial charge is 0.142 e. The van der Waals surface area contributed by atoms with E-state index in [0.717, 1.165) is 24.9 Å². The molecule has 114 valence electrons. The molecule has 1 N–H and O–H groups in total. The van der Waals surface area contributed by atoms with Crippen molar-refractivity contribution in [3.05, 3.63) is 34.6 Å². The topological polar surface area (TPSA) is 12.0 Å². The van der Waals surface area contributed by atoms with Crippen LogP contribution in [0.4, 0.5) is 4.39 Å². The molecule has 20 heavy (non-hydrogen) atoms. The van der Waals surface area contributed by atoms with Gasteiger partial charge >= 0.3 is 0 Å². The molecule has 0 amide bonds. The summed E-state index contributed by atoms with van der Waals surface area (Å²) in [6, 6.07) is 5.47. The minimum Gasteiger partial charge on any atom is -0.314 e. The third-order valence-corrected chi connectivity index (χ3v) is 4.38. The normalized spacial score (nSPS) is 14.2. The van der Waals surface area contributed by atoms with Gasteiger partial charge in [0.2, 0.25) is 0 Å². The molecule has 3 heteroatoms. The summed E-state index contributed by atoms with van der Waals surface area (Å²) in [7, 11) is 0. The minimum atomic E-state index is -0.318. The van der Waals surface area contributed by atoms with Crippen LogP contribution in [0.15, 0.2) is 18.2 Å². The van der Waals surface area contributed by atoms with Gasteiger partial charge < -0.3 is 5.32 Å². The van der Waals surface area contributed by atoms with Gasteiger partial charge in [0.25, 0.3) is 0 Å². The standard InChI is InChI=1S/C17H27ClFN/c1-4-7-9-13(5-2)16(20-6-3)12-14-10-8-11-15(19)17(14)18/h8,10-11,13,16,20H,4-7,9,12H2,1-3H3. The summed E-state index contributed by atoms with van der Waals surface area (Å²) in [6.07, 6.45) is 5.63. The van der Waals surface area contributed by atoms with Gasteiger partial charge in [0.05, 0.1) is 5.02 Å². The van der Waals surface area contributed by atoms with Crippen molar-refractivity contribution in [3.63, 3.8) is 0 Å². The second-order valence-electron chi connectivity index (χ2n) is 5.39. The van der Waals surface area contributed by atoms with E-state index in [0.29, 0.717) is 12.0 Å². The molecule has 0 aromatic heterocycles. The zero-order valence-corrected chi connectivity index (χ0v) is 13.6. The van der Waals surface area contributed by atoms with E-state index in [1.54, 1.807) is 6.07 Å². The van der Waals surface area contributed by atoms with Crippen molar-refractivity contribution in [3.8, 4) is 0 Å². The first-order chi connectivity index (χ1) is 9.63. The van der Waals surface area contributed by atoms with Crippen LogP contribution in [-0.2, 0) is 6.42 Å². The second kappa shape index (κ2) is 9.36. The average Bonchev–Trinajstić information content (AvgIpc) is 2.44. The van der Waals surface area contributed by atoms with E-state index in [1.165, 1.54) is 25.3 Å². The lowest BCUT2D eigenvalue weighted by Crippen LogP contribution is -2.38. The molecule has 0 bridgehead atoms. The summed E-state index contributed by atoms with van der Waals surface area (Å²) in [5, 5.41) is 3.84. The van der Waals surface area contributed by atoms with E-state index in [4.69, 9.17) is 11.6 Å². The summed E-state index contributed by atoms with van der Waals surface area (Å²) < 4.78 is 13.5. The number of unbranched alkanes of at least 4 members (excludes halogenated alkanes) is 1. The van der Waals surface area contributed by atoms with Gasteiger partial charge in [0, 0.05) is 6.04 Å². The van der Waals surface area contributed by atoms with Crippen LogP contribution in [0.25, 0.3) is 0 Å². The Morgan fingerprint density at radius 3 is 2.60 bits per heavy atom. The first-order valence-electron chi connectivity index (χ1n) is 7.80. The van der Waals surface area contributed by atoms with Gasteiger partial charge in [-0.3, -0.25) is 0 Å². The Balaban J connectivity index is 2.81. The molecule has 0 aliphatic heterocycles. The number of likely N-dealkylation sites (N-methyl/N-ethyl adjacent to an activating group) is 1. The van der Waals surface area contributed by atoms with E-state index >= 15 is 0 Å². The molecule has 0 saturated heterocycles. The summed E-state index contributed by atoms with van der Waals surface area (Å²) in [5.74, 6) is 0.301. The summed E-state index contributed by atoms with van der Waals surface area (Å²) in [4.78, 5) is 0. The van der Waals surface area contributed by atoms with E-state index in [2.05, 4.69) is 26.1 Å². The number of nitrogens with one attached hydrogen (secondary N) is 1. The van der Waals surface area contributed by atoms with Gasteiger partial charge in [-0.05, 0) is 36.9 Å². The highest BCUT2D eigenvalue weighted by atomic mass is 35.5. The lowest BCUT2D eigenvalue weighted by atomic mass is 9.87. The van der Waals surface area contributed by atoms with E-state index in [1.807, 2.05) is 6.07 Å². The third-order valence-electron chi connectivity index (χ3n) is 3.96. The number of rotatable bonds is 9. The lowest BCUT2D eigenvalue weighted by molar-refractivity contribution is 0.319. The van der Waals surface area contributed by atoms with E-state index < -0.39 is 0 Å². The highest BCUT2D eigenvalue weighted by Crippen LogP contribution is 2.25. The number of hydrogen-bond acceptors (Lipinski definition) is 1. The quantitative estimate of drug-likeness (QED) is 0.659. The zero-order chi connectivity index (χ0) is 15.0. The van der Waals surface area contributed by atoms with E-state index in [-0.39, 0.29) is 10.8 Å². The summed E-state index contributed by atoms with van der Waals surface area (Å²) in [6.45, 7) is 7.50. The first-order valence-corrected chi connectivity index (χ1v) is 8.18. The molecule has 0 spiro atoms. The minimum absolute atomic E-state index is 0.278. The molecule has 1 aromatic carbocycles. The van der Waals surface area contributed by atoms with Gasteiger partial charge in [-0.2, -0.15) is 0 Å². The predicted molar refractivity (Wildman–Crippen MR) is 85.9 cm³/mol. The van der Waals surface area contributed by atoms with Crippen LogP contribution < -0.4 is 5.32 Å². The molecule has 1 rings (SSSR count). The maximum atomic E-state index is 13.5. The van der Waals surface area contributed by atoms with Crippen LogP contribution >= 0.6 is 11.6 Å². The maximum absolute atomic E-state index is 13.5. The molecular weight excluding hydrogens is 273 g/mol. The Bertz CT molecular complexity index is 395. The highest BCUT2D eigenvalue weighted by Gasteiger charge is 2.20. The summed E-state index contributed by atoms with van der Waals surface area (Å²) in [5.41, 5.74) is 0.910. The Labute approximate surface area is 127 Å². The molecule has 1 nitrogen and oxygen atoms in total. The van der Waals surface area contributed by atoms with Crippen molar-refractivity contribution in [2.24, 2.45) is 5.92 Å². The fourth-order valence-electron chi connectivity index (χ4n) is 2.77. The zero-order valence-electron chi connectivity index (χ0n) is 12.9. The van der Waals surface area contributed by atoms with Gasteiger partial charge in [0.15, 0.2) is 0 Å². The van der Waals surface area contributed by atoms with Crippen LogP contribution in [0.5, 0.6) is 0 Å². The molecule has 1 aromatic rings. The fraction of sp³-hybridized carbons (Fsp3) is 0.647. The molecule has 0 fully saturated rings. The third kappa shape index (κ3) is 5.06. The predicted octanol–water partition coefficient (Wildman–Crippen LogP) is 5.22. The van der Waals surface area contributed by atoms with Crippen molar-refractivity contribution in [1.82, 2.24) is 5.32 Å². The summed E-state index contributed by atoms with van der Waals surface area (Å²) >= 11 is 6.09. The SMILES string of the molecule is CCCCC(CC)C(Cc1cccc(F)c1Cl)NCC. The second-order valence-corrected chi connectivity index (χ2v) is 5.77. The average molecular weight is 300 g/mol. The van der Waals surface area contributed by atoms with Gasteiger partial charge in [-0.1, -0.05) is 63.8 Å². The molecule has 0 heterocycles. The van der Waals surface area contributed by atoms with Crippen molar-refractivity contribution in [1.29, 1.82) is 0 Å². The van der Waals surface area contributed by atoms with E-state index in [9.17, 15) is 4.39 Å². The van der Waals surface area contributed by atoms with Crippen LogP contribution in [0.2, 0.25) is 5.02 Å². The molecule has 2 unspecified atom stereocenters. The van der Waals surface area contributed by atoms with Crippen molar-refractivity contribution >= 4 is 11.6 Å². The highest BCUT2D eigenvalue weighted by molar-refractivity contribution is 6.31. The van der Waals surface area contributed by atoms with Crippen LogP contribution in [0.1, 0.15) is 52.0 Å². The number of hydrogen-bond donors (Lipinski definition) is 1. The van der Waals surface area contributed by atoms with Gasteiger partial charge in [-0.25, -0.2) is 4.39 Å². The molecule has 0 saturated carbocycles. The van der Waals surface area contributed by atoms with Crippen LogP contribution in [0.3, 0.4) is 0 Å². The Hall–Kier alpha value is -0.600. The first kappa shape index (κ1) is 17.5. The van der Waals surface area contributed by atoms with Gasteiger partial charge in [0.1, 0.15) is 5.82 Å². The van der Waals surface area contributed by atoms with Crippen LogP contribution in [0, 0.1) is 11.7 Å². The Morgan fingerprint density at radius 1 is 1.25 bits per heavy atom. The fourth-order valence-corrected chi connectivity index (χ4v) is 2.97. The van der Waals surface area contributed by atoms with Crippen molar-refractivity contribution in [2.45, 2.75) is 58.9 Å². The molecule has 0 aliphatic carbocycles. The van der Waals surface area contributed by atoms with Gasteiger partial charge in [-0.15, -0.1) is 0 Å². The Kier molecular flexibility index (Phi) is 8.16. The Morgan fingerprint density at radius 2 is 2.00 bits per heavy atom. The monoisotopic (exact) mass is 299 g/mol. The largest absolute Gasteiger partial charge is 0.314 e. The maximum Gasteiger partial charge on any atom is 0.142 e. The molecular formula is C17H27ClFN. The number of benzene rings is 1. The lowest BCUT2D eigenvalue weighted by Gasteiger charge is -2.27. The molecule has 0 aliphatic rings. The molecule has 2 atom stereocenters. The number of halogens is 2. The van der Waals surface area contributed by atoms with Crippen molar-refractivity contribution < 1.29 is 4.39 Å².